The molecule has 0 amide bonds. The van der Waals surface area contributed by atoms with Crippen LogP contribution in [0.4, 0.5) is 0 Å². The van der Waals surface area contributed by atoms with Crippen molar-refractivity contribution in [2.75, 3.05) is 0 Å². The zero-order valence-corrected chi connectivity index (χ0v) is 11.6. The molecule has 2 aliphatic rings. The maximum atomic E-state index is 12.1. The van der Waals surface area contributed by atoms with Crippen LogP contribution in [0.15, 0.2) is 0 Å². The normalized spacial score (nSPS) is 33.3. The van der Waals surface area contributed by atoms with E-state index < -0.39 is 9.84 Å². The van der Waals surface area contributed by atoms with Crippen LogP contribution in [0.3, 0.4) is 0 Å². The first-order valence-corrected chi connectivity index (χ1v) is 8.37. The van der Waals surface area contributed by atoms with Crippen LogP contribution in [0, 0.1) is 17.8 Å². The molecular weight excluding hydrogens is 248 g/mol. The number of ketones is 1. The third-order valence-electron chi connectivity index (χ3n) is 4.10. The van der Waals surface area contributed by atoms with Gasteiger partial charge in [0, 0.05) is 12.3 Å². The Bertz CT molecular complexity index is 461. The van der Waals surface area contributed by atoms with Gasteiger partial charge in [-0.05, 0) is 25.7 Å². The SMILES string of the molecule is CCC#CCC(=O)C1CC2CCCC(C1)S2(=O)=O. The number of Topliss-reactive ketones (excluding diaryl/α,β-unsaturated/α-hetero) is 1. The first-order chi connectivity index (χ1) is 8.55. The average Bonchev–Trinajstić information content (AvgIpc) is 2.27. The summed E-state index contributed by atoms with van der Waals surface area (Å²) in [6, 6.07) is 0. The molecule has 2 aliphatic heterocycles. The molecule has 0 N–H and O–H groups in total. The summed E-state index contributed by atoms with van der Waals surface area (Å²) in [5, 5.41) is -0.531. The van der Waals surface area contributed by atoms with Gasteiger partial charge in [-0.25, -0.2) is 8.42 Å². The Morgan fingerprint density at radius 1 is 1.17 bits per heavy atom. The maximum absolute atomic E-state index is 12.1. The first-order valence-electron chi connectivity index (χ1n) is 6.76. The summed E-state index contributed by atoms with van der Waals surface area (Å²) in [6.45, 7) is 1.95. The lowest BCUT2D eigenvalue weighted by Gasteiger charge is -2.37. The van der Waals surface area contributed by atoms with Crippen molar-refractivity contribution in [2.24, 2.45) is 5.92 Å². The van der Waals surface area contributed by atoms with E-state index in [-0.39, 0.29) is 28.6 Å². The molecular formula is C14H20O3S. The zero-order chi connectivity index (χ0) is 13.2. The molecule has 0 aromatic rings. The Kier molecular flexibility index (Phi) is 4.11. The molecule has 0 radical (unpaired) electrons. The highest BCUT2D eigenvalue weighted by molar-refractivity contribution is 7.92. The fourth-order valence-corrected chi connectivity index (χ4v) is 5.63. The standard InChI is InChI=1S/C14H20O3S/c1-2-3-4-8-14(15)11-9-12-6-5-7-13(10-11)18(12,16)17/h11-13H,2,5-10H2,1H3. The number of sulfone groups is 1. The molecule has 2 unspecified atom stereocenters. The van der Waals surface area contributed by atoms with Gasteiger partial charge in [-0.3, -0.25) is 4.79 Å². The Balaban J connectivity index is 2.04. The minimum atomic E-state index is -2.95. The fourth-order valence-electron chi connectivity index (χ4n) is 3.09. The summed E-state index contributed by atoms with van der Waals surface area (Å²) in [5.41, 5.74) is 0. The minimum Gasteiger partial charge on any atom is -0.298 e. The van der Waals surface area contributed by atoms with Gasteiger partial charge in [-0.2, -0.15) is 0 Å². The van der Waals surface area contributed by atoms with Gasteiger partial charge in [-0.15, -0.1) is 5.92 Å². The predicted molar refractivity (Wildman–Crippen MR) is 70.8 cm³/mol. The van der Waals surface area contributed by atoms with Crippen molar-refractivity contribution in [1.29, 1.82) is 0 Å². The van der Waals surface area contributed by atoms with E-state index in [9.17, 15) is 13.2 Å². The van der Waals surface area contributed by atoms with Crippen LogP contribution in [0.1, 0.15) is 51.9 Å². The summed E-state index contributed by atoms with van der Waals surface area (Å²) in [7, 11) is -2.95. The van der Waals surface area contributed by atoms with Gasteiger partial charge in [0.15, 0.2) is 9.84 Å². The van der Waals surface area contributed by atoms with E-state index in [2.05, 4.69) is 11.8 Å². The molecule has 0 aromatic carbocycles. The molecule has 2 saturated heterocycles. The smallest absolute Gasteiger partial charge is 0.156 e. The summed E-state index contributed by atoms with van der Waals surface area (Å²) in [4.78, 5) is 12.0. The Labute approximate surface area is 109 Å². The largest absolute Gasteiger partial charge is 0.298 e. The lowest BCUT2D eigenvalue weighted by atomic mass is 9.86. The van der Waals surface area contributed by atoms with Crippen LogP contribution in [-0.4, -0.2) is 24.7 Å². The molecule has 0 spiro atoms. The number of carbonyl (C=O) groups excluding carboxylic acids is 1. The first kappa shape index (κ1) is 13.6. The van der Waals surface area contributed by atoms with E-state index >= 15 is 0 Å². The molecule has 3 nitrogen and oxygen atoms in total. The van der Waals surface area contributed by atoms with Gasteiger partial charge in [-0.1, -0.05) is 19.3 Å². The minimum absolute atomic E-state index is 0.0741. The average molecular weight is 268 g/mol. The van der Waals surface area contributed by atoms with Gasteiger partial charge < -0.3 is 0 Å². The van der Waals surface area contributed by atoms with Crippen molar-refractivity contribution in [3.63, 3.8) is 0 Å². The number of hydrogen-bond acceptors (Lipinski definition) is 3. The van der Waals surface area contributed by atoms with Crippen LogP contribution in [0.2, 0.25) is 0 Å². The molecule has 4 heteroatoms. The molecule has 100 valence electrons. The van der Waals surface area contributed by atoms with E-state index in [1.165, 1.54) is 0 Å². The van der Waals surface area contributed by atoms with Gasteiger partial charge in [0.25, 0.3) is 0 Å². The molecule has 0 saturated carbocycles. The van der Waals surface area contributed by atoms with Crippen molar-refractivity contribution in [1.82, 2.24) is 0 Å². The summed E-state index contributed by atoms with van der Waals surface area (Å²) >= 11 is 0. The van der Waals surface area contributed by atoms with Crippen molar-refractivity contribution >= 4 is 15.6 Å². The summed E-state index contributed by atoms with van der Waals surface area (Å²) in [6.07, 6.45) is 4.59. The van der Waals surface area contributed by atoms with Crippen LogP contribution < -0.4 is 0 Å². The fraction of sp³-hybridized carbons (Fsp3) is 0.786. The monoisotopic (exact) mass is 268 g/mol. The lowest BCUT2D eigenvalue weighted by Crippen LogP contribution is -2.45. The van der Waals surface area contributed by atoms with Crippen LogP contribution in [0.25, 0.3) is 0 Å². The molecule has 2 bridgehead atoms. The molecule has 0 aromatic heterocycles. The van der Waals surface area contributed by atoms with Crippen molar-refractivity contribution in [3.05, 3.63) is 0 Å². The van der Waals surface area contributed by atoms with Gasteiger partial charge >= 0.3 is 0 Å². The molecule has 18 heavy (non-hydrogen) atoms. The third kappa shape index (κ3) is 2.61. The van der Waals surface area contributed by atoms with Crippen molar-refractivity contribution < 1.29 is 13.2 Å². The molecule has 2 atom stereocenters. The number of rotatable bonds is 2. The number of fused-ring (bicyclic) bond motifs is 2. The molecule has 2 fully saturated rings. The van der Waals surface area contributed by atoms with E-state index in [1.807, 2.05) is 6.92 Å². The quantitative estimate of drug-likeness (QED) is 0.721. The Morgan fingerprint density at radius 3 is 2.33 bits per heavy atom. The molecule has 2 heterocycles. The topological polar surface area (TPSA) is 51.2 Å². The highest BCUT2D eigenvalue weighted by atomic mass is 32.2. The van der Waals surface area contributed by atoms with Crippen LogP contribution >= 0.6 is 0 Å². The van der Waals surface area contributed by atoms with Crippen molar-refractivity contribution in [3.8, 4) is 11.8 Å². The summed E-state index contributed by atoms with van der Waals surface area (Å²) in [5.74, 6) is 5.83. The highest BCUT2D eigenvalue weighted by Gasteiger charge is 2.45. The van der Waals surface area contributed by atoms with Gasteiger partial charge in [0.05, 0.1) is 16.9 Å². The van der Waals surface area contributed by atoms with Crippen LogP contribution in [-0.2, 0) is 14.6 Å². The van der Waals surface area contributed by atoms with Gasteiger partial charge in [0.1, 0.15) is 5.78 Å². The maximum Gasteiger partial charge on any atom is 0.156 e. The molecule has 2 rings (SSSR count). The van der Waals surface area contributed by atoms with E-state index in [4.69, 9.17) is 0 Å². The number of hydrogen-bond donors (Lipinski definition) is 0. The van der Waals surface area contributed by atoms with Crippen LogP contribution in [0.5, 0.6) is 0 Å². The zero-order valence-electron chi connectivity index (χ0n) is 10.8. The van der Waals surface area contributed by atoms with Crippen molar-refractivity contribution in [2.45, 2.75) is 62.4 Å². The second-order valence-corrected chi connectivity index (χ2v) is 7.79. The summed E-state index contributed by atoms with van der Waals surface area (Å²) < 4.78 is 24.2. The molecule has 0 aliphatic carbocycles. The second-order valence-electron chi connectivity index (χ2n) is 5.28. The predicted octanol–water partition coefficient (Wildman–Crippen LogP) is 2.10. The highest BCUT2D eigenvalue weighted by Crippen LogP contribution is 2.39. The lowest BCUT2D eigenvalue weighted by molar-refractivity contribution is -0.122. The van der Waals surface area contributed by atoms with E-state index in [1.54, 1.807) is 0 Å². The third-order valence-corrected chi connectivity index (χ3v) is 6.81. The Morgan fingerprint density at radius 2 is 1.78 bits per heavy atom. The van der Waals surface area contributed by atoms with Gasteiger partial charge in [0.2, 0.25) is 0 Å². The second kappa shape index (κ2) is 5.44. The van der Waals surface area contributed by atoms with E-state index in [0.29, 0.717) is 12.8 Å². The van der Waals surface area contributed by atoms with E-state index in [0.717, 1.165) is 25.7 Å². The number of carbonyl (C=O) groups is 1. The Hall–Kier alpha value is -0.820.